The lowest BCUT2D eigenvalue weighted by Gasteiger charge is -2.50. The van der Waals surface area contributed by atoms with Gasteiger partial charge in [-0.05, 0) is 55.4 Å². The van der Waals surface area contributed by atoms with Crippen LogP contribution in [-0.4, -0.2) is 217 Å². The molecule has 0 spiro atoms. The predicted molar refractivity (Wildman–Crippen MR) is 192 cm³/mol. The van der Waals surface area contributed by atoms with Gasteiger partial charge in [0.1, 0.15) is 48.8 Å². The van der Waals surface area contributed by atoms with E-state index in [0.29, 0.717) is 0 Å². The van der Waals surface area contributed by atoms with Crippen LogP contribution in [0.4, 0.5) is 0 Å². The fourth-order valence-electron chi connectivity index (χ4n) is 5.72. The molecule has 0 aromatic heterocycles. The van der Waals surface area contributed by atoms with Gasteiger partial charge < -0.3 is 93.0 Å². The normalized spacial score (nSPS) is 33.4. The summed E-state index contributed by atoms with van der Waals surface area (Å²) in [6, 6.07) is 0. The molecule has 2 fully saturated rings. The third-order valence-electron chi connectivity index (χ3n) is 7.91. The Kier molecular flexibility index (Phi) is 24.1. The molecule has 2 rings (SSSR count). The number of hydrogen-bond acceptors (Lipinski definition) is 19. The second-order valence-electron chi connectivity index (χ2n) is 14.9. The minimum atomic E-state index is -1.39. The summed E-state index contributed by atoms with van der Waals surface area (Å²) in [4.78, 5) is 0. The predicted octanol–water partition coefficient (Wildman–Crippen LogP) is -2.16. The van der Waals surface area contributed by atoms with Gasteiger partial charge in [0.15, 0.2) is 12.6 Å². The van der Waals surface area contributed by atoms with Gasteiger partial charge in [0.05, 0.1) is 115 Å². The van der Waals surface area contributed by atoms with Crippen LogP contribution in [0.15, 0.2) is 0 Å². The van der Waals surface area contributed by atoms with Gasteiger partial charge in [0.2, 0.25) is 0 Å². The molecule has 0 amide bonds. The fourth-order valence-corrected chi connectivity index (χ4v) is 5.72. The lowest BCUT2D eigenvalue weighted by Crippen LogP contribution is -2.67. The highest BCUT2D eigenvalue weighted by Gasteiger charge is 2.55. The topological polar surface area (TPSA) is 263 Å². The molecule has 0 bridgehead atoms. The molecule has 0 radical (unpaired) electrons. The van der Waals surface area contributed by atoms with Crippen LogP contribution < -0.4 is 0 Å². The van der Waals surface area contributed by atoms with Gasteiger partial charge in [-0.2, -0.15) is 0 Å². The van der Waals surface area contributed by atoms with Crippen molar-refractivity contribution < 1.29 is 93.0 Å². The van der Waals surface area contributed by atoms with E-state index in [9.17, 15) is 40.9 Å². The smallest absolute Gasteiger partial charge is 0.187 e. The lowest BCUT2D eigenvalue weighted by atomic mass is 9.95. The van der Waals surface area contributed by atoms with Crippen LogP contribution >= 0.6 is 0 Å². The number of ether oxygens (including phenoxy) is 11. The van der Waals surface area contributed by atoms with Crippen LogP contribution in [0.2, 0.25) is 0 Å². The molecule has 328 valence electrons. The Morgan fingerprint density at radius 3 is 1.04 bits per heavy atom. The largest absolute Gasteiger partial charge is 0.391 e. The van der Waals surface area contributed by atoms with E-state index >= 15 is 0 Å². The van der Waals surface area contributed by atoms with Crippen molar-refractivity contribution >= 4 is 0 Å². The van der Waals surface area contributed by atoms with Crippen LogP contribution in [-0.2, 0) is 52.1 Å². The highest BCUT2D eigenvalue weighted by Crippen LogP contribution is 2.35. The second kappa shape index (κ2) is 26.4. The average Bonchev–Trinajstić information content (AvgIpc) is 3.07. The molecule has 9 unspecified atom stereocenters. The number of rotatable bonds is 28. The van der Waals surface area contributed by atoms with Crippen molar-refractivity contribution in [3.8, 4) is 0 Å². The first-order valence-electron chi connectivity index (χ1n) is 19.1. The standard InChI is InChI=1S/C36H70O19/c1-19(37)9-45-17-27-29(47-11-21(3)39)31(48-12-22(4)40)34(51-15-25(7)43)36(54-27)55-30-28(18-46-10-20(2)38)53-35(52-16-26(8)44)33(50-14-24(6)42)32(30)49-13-23(5)41/h19-44H,9-18H2,1-8H3/t19?,20?,21?,22?,23?,24?,25?,26?,27-,28-,29-,30?,31+,32+,33-,34-,35-,36+/m1/s1. The fraction of sp³-hybridized carbons (Fsp3) is 1.00. The molecule has 2 aliphatic heterocycles. The van der Waals surface area contributed by atoms with Crippen LogP contribution in [0, 0.1) is 0 Å². The monoisotopic (exact) mass is 806 g/mol. The molecule has 19 heteroatoms. The maximum absolute atomic E-state index is 10.3. The van der Waals surface area contributed by atoms with Gasteiger partial charge in [-0.3, -0.25) is 0 Å². The summed E-state index contributed by atoms with van der Waals surface area (Å²) in [6.45, 7) is 10.7. The number of hydrogen-bond donors (Lipinski definition) is 8. The molecule has 8 N–H and O–H groups in total. The van der Waals surface area contributed by atoms with Crippen molar-refractivity contribution in [2.45, 2.75) is 166 Å². The van der Waals surface area contributed by atoms with E-state index in [0.717, 1.165) is 0 Å². The minimum absolute atomic E-state index is 0.0553. The summed E-state index contributed by atoms with van der Waals surface area (Å²) in [5.41, 5.74) is 0. The SMILES string of the molecule is CC(O)COC[C@H]1O[C@@H](OCC(C)O)[C@H](OCC(C)O)[C@@H](OCC(C)O)C1O[C@@H]1O[C@H](COCC(C)O)[C@@H](OCC(C)O)[C@H](OCC(C)O)[C@H]1OCC(C)O. The zero-order chi connectivity index (χ0) is 41.2. The van der Waals surface area contributed by atoms with E-state index in [1.807, 2.05) is 0 Å². The Morgan fingerprint density at radius 2 is 0.636 bits per heavy atom. The molecule has 18 atom stereocenters. The molecule has 2 saturated heterocycles. The van der Waals surface area contributed by atoms with Crippen LogP contribution in [0.1, 0.15) is 55.4 Å². The average molecular weight is 807 g/mol. The van der Waals surface area contributed by atoms with Crippen LogP contribution in [0.25, 0.3) is 0 Å². The zero-order valence-electron chi connectivity index (χ0n) is 33.5. The first-order chi connectivity index (χ1) is 25.9. The molecule has 0 aliphatic carbocycles. The van der Waals surface area contributed by atoms with E-state index in [1.54, 1.807) is 13.8 Å². The quantitative estimate of drug-likeness (QED) is 0.0419. The molecular formula is C36H70O19. The van der Waals surface area contributed by atoms with Crippen LogP contribution in [0.5, 0.6) is 0 Å². The Bertz CT molecular complexity index is 969. The maximum atomic E-state index is 10.3. The van der Waals surface area contributed by atoms with Gasteiger partial charge in [-0.25, -0.2) is 0 Å². The van der Waals surface area contributed by atoms with Crippen molar-refractivity contribution in [1.29, 1.82) is 0 Å². The van der Waals surface area contributed by atoms with E-state index in [4.69, 9.17) is 52.1 Å². The highest BCUT2D eigenvalue weighted by molar-refractivity contribution is 4.98. The zero-order valence-corrected chi connectivity index (χ0v) is 33.5. The summed E-state index contributed by atoms with van der Waals surface area (Å²) < 4.78 is 68.1. The molecule has 0 aromatic rings. The van der Waals surface area contributed by atoms with Gasteiger partial charge >= 0.3 is 0 Å². The van der Waals surface area contributed by atoms with Crippen molar-refractivity contribution in [2.24, 2.45) is 0 Å². The van der Waals surface area contributed by atoms with Gasteiger partial charge in [0, 0.05) is 0 Å². The molecule has 0 saturated carbocycles. The summed E-state index contributed by atoms with van der Waals surface area (Å²) >= 11 is 0. The van der Waals surface area contributed by atoms with Gasteiger partial charge in [-0.15, -0.1) is 0 Å². The minimum Gasteiger partial charge on any atom is -0.391 e. The number of aliphatic hydroxyl groups excluding tert-OH is 8. The summed E-state index contributed by atoms with van der Waals surface area (Å²) in [5.74, 6) is 0. The second-order valence-corrected chi connectivity index (χ2v) is 14.9. The van der Waals surface area contributed by atoms with E-state index in [-0.39, 0.29) is 66.1 Å². The first-order valence-corrected chi connectivity index (χ1v) is 19.1. The Hall–Kier alpha value is -0.760. The molecule has 0 aromatic carbocycles. The number of aliphatic hydroxyl groups is 8. The highest BCUT2D eigenvalue weighted by atomic mass is 16.8. The Balaban J connectivity index is 2.73. The van der Waals surface area contributed by atoms with Crippen molar-refractivity contribution in [2.75, 3.05) is 66.1 Å². The van der Waals surface area contributed by atoms with Crippen molar-refractivity contribution in [1.82, 2.24) is 0 Å². The Morgan fingerprint density at radius 1 is 0.345 bits per heavy atom. The summed E-state index contributed by atoms with van der Waals surface area (Å²) in [7, 11) is 0. The molecule has 2 heterocycles. The summed E-state index contributed by atoms with van der Waals surface area (Å²) in [5, 5.41) is 81.2. The van der Waals surface area contributed by atoms with E-state index in [2.05, 4.69) is 0 Å². The van der Waals surface area contributed by atoms with Crippen LogP contribution in [0.3, 0.4) is 0 Å². The van der Waals surface area contributed by atoms with E-state index < -0.39 is 110 Å². The van der Waals surface area contributed by atoms with Gasteiger partial charge in [-0.1, -0.05) is 0 Å². The van der Waals surface area contributed by atoms with Crippen molar-refractivity contribution in [3.63, 3.8) is 0 Å². The summed E-state index contributed by atoms with van der Waals surface area (Å²) in [6.07, 6.45) is -18.5. The molecule has 19 nitrogen and oxygen atoms in total. The third kappa shape index (κ3) is 19.2. The van der Waals surface area contributed by atoms with E-state index in [1.165, 1.54) is 41.5 Å². The molecule has 55 heavy (non-hydrogen) atoms. The molecular weight excluding hydrogens is 736 g/mol. The van der Waals surface area contributed by atoms with Crippen molar-refractivity contribution in [3.05, 3.63) is 0 Å². The van der Waals surface area contributed by atoms with Gasteiger partial charge in [0.25, 0.3) is 0 Å². The Labute approximate surface area is 324 Å². The lowest BCUT2D eigenvalue weighted by molar-refractivity contribution is -0.377. The first kappa shape index (κ1) is 50.4. The molecule has 2 aliphatic rings. The maximum Gasteiger partial charge on any atom is 0.187 e. The third-order valence-corrected chi connectivity index (χ3v) is 7.91.